The molecule has 12 heteroatoms. The zero-order chi connectivity index (χ0) is 27.6. The lowest BCUT2D eigenvalue weighted by molar-refractivity contribution is 0.00821. The molecule has 3 heterocycles. The highest BCUT2D eigenvalue weighted by atomic mass is 19.1. The SMILES string of the molecule is CC(C)(C)OC(=O)N1CCCCC1c1nc(-c2ccc(C(=O)Nc3cc(F)ccn3)cc2)c(C(=O)O)n1N. The van der Waals surface area contributed by atoms with Crippen molar-refractivity contribution in [2.24, 2.45) is 0 Å². The van der Waals surface area contributed by atoms with Gasteiger partial charge in [0.1, 0.15) is 22.9 Å². The van der Waals surface area contributed by atoms with E-state index >= 15 is 0 Å². The Morgan fingerprint density at radius 1 is 1.16 bits per heavy atom. The van der Waals surface area contributed by atoms with Crippen LogP contribution < -0.4 is 11.2 Å². The predicted octanol–water partition coefficient (Wildman–Crippen LogP) is 4.21. The van der Waals surface area contributed by atoms with Gasteiger partial charge in [-0.05, 0) is 58.2 Å². The van der Waals surface area contributed by atoms with Gasteiger partial charge in [0.05, 0.1) is 6.04 Å². The molecule has 38 heavy (non-hydrogen) atoms. The number of rotatable bonds is 5. The maximum Gasteiger partial charge on any atom is 0.410 e. The molecule has 1 aliphatic heterocycles. The Morgan fingerprint density at radius 2 is 1.87 bits per heavy atom. The highest BCUT2D eigenvalue weighted by Gasteiger charge is 2.36. The number of nitrogens with two attached hydrogens (primary N) is 1. The van der Waals surface area contributed by atoms with Crippen molar-refractivity contribution in [2.45, 2.75) is 51.7 Å². The first-order valence-electron chi connectivity index (χ1n) is 12.1. The number of amides is 2. The summed E-state index contributed by atoms with van der Waals surface area (Å²) in [5, 5.41) is 12.4. The Balaban J connectivity index is 1.64. The lowest BCUT2D eigenvalue weighted by Crippen LogP contribution is -2.43. The molecule has 1 aliphatic rings. The van der Waals surface area contributed by atoms with Crippen LogP contribution in [-0.2, 0) is 4.74 Å². The third-order valence-electron chi connectivity index (χ3n) is 5.95. The molecule has 0 spiro atoms. The quantitative estimate of drug-likeness (QED) is 0.420. The number of anilines is 1. The fourth-order valence-corrected chi connectivity index (χ4v) is 4.27. The van der Waals surface area contributed by atoms with Gasteiger partial charge >= 0.3 is 12.1 Å². The number of aromatic nitrogens is 3. The number of pyridine rings is 1. The summed E-state index contributed by atoms with van der Waals surface area (Å²) < 4.78 is 19.9. The van der Waals surface area contributed by atoms with Gasteiger partial charge in [0.2, 0.25) is 0 Å². The molecule has 0 radical (unpaired) electrons. The zero-order valence-electron chi connectivity index (χ0n) is 21.3. The lowest BCUT2D eigenvalue weighted by Gasteiger charge is -2.36. The molecule has 1 atom stereocenters. The number of nitrogens with one attached hydrogen (secondary N) is 1. The number of carbonyl (C=O) groups excluding carboxylic acids is 2. The van der Waals surface area contributed by atoms with Gasteiger partial charge in [-0.3, -0.25) is 9.69 Å². The van der Waals surface area contributed by atoms with Crippen LogP contribution in [0.2, 0.25) is 0 Å². The van der Waals surface area contributed by atoms with Crippen molar-refractivity contribution in [1.82, 2.24) is 19.5 Å². The largest absolute Gasteiger partial charge is 0.476 e. The summed E-state index contributed by atoms with van der Waals surface area (Å²) in [6, 6.07) is 7.73. The van der Waals surface area contributed by atoms with Crippen LogP contribution in [0.5, 0.6) is 0 Å². The van der Waals surface area contributed by atoms with Crippen LogP contribution in [0.3, 0.4) is 0 Å². The molecule has 1 unspecified atom stereocenters. The summed E-state index contributed by atoms with van der Waals surface area (Å²) >= 11 is 0. The first-order chi connectivity index (χ1) is 17.9. The van der Waals surface area contributed by atoms with Crippen LogP contribution in [0.4, 0.5) is 15.0 Å². The standard InChI is InChI=1S/C26H29FN6O5/c1-26(2,3)38-25(37)32-13-5-4-6-18(32)22-31-20(21(24(35)36)33(22)28)15-7-9-16(10-8-15)23(34)30-19-14-17(27)11-12-29-19/h7-12,14,18H,4-6,13,28H2,1-3H3,(H,35,36)(H,29,30,34). The van der Waals surface area contributed by atoms with E-state index in [1.54, 1.807) is 32.9 Å². The van der Waals surface area contributed by atoms with E-state index in [0.717, 1.165) is 29.7 Å². The van der Waals surface area contributed by atoms with Crippen LogP contribution in [-0.4, -0.2) is 54.8 Å². The molecular formula is C26H29FN6O5. The van der Waals surface area contributed by atoms with Gasteiger partial charge in [0.25, 0.3) is 5.91 Å². The van der Waals surface area contributed by atoms with Crippen molar-refractivity contribution in [3.63, 3.8) is 0 Å². The maximum atomic E-state index is 13.4. The number of ether oxygens (including phenoxy) is 1. The third kappa shape index (κ3) is 5.74. The van der Waals surface area contributed by atoms with Crippen LogP contribution in [0.1, 0.15) is 72.7 Å². The van der Waals surface area contributed by atoms with Crippen LogP contribution in [0, 0.1) is 5.82 Å². The highest BCUT2D eigenvalue weighted by molar-refractivity contribution is 6.04. The van der Waals surface area contributed by atoms with Gasteiger partial charge in [0, 0.05) is 29.9 Å². The van der Waals surface area contributed by atoms with Gasteiger partial charge in [-0.25, -0.2) is 28.6 Å². The minimum absolute atomic E-state index is 0.0563. The van der Waals surface area contributed by atoms with Crippen molar-refractivity contribution in [1.29, 1.82) is 0 Å². The number of imidazole rings is 1. The van der Waals surface area contributed by atoms with Crippen LogP contribution >= 0.6 is 0 Å². The Morgan fingerprint density at radius 3 is 2.50 bits per heavy atom. The molecule has 200 valence electrons. The summed E-state index contributed by atoms with van der Waals surface area (Å²) in [4.78, 5) is 47.6. The van der Waals surface area contributed by atoms with Crippen LogP contribution in [0.15, 0.2) is 42.6 Å². The molecule has 0 saturated carbocycles. The first kappa shape index (κ1) is 26.6. The maximum absolute atomic E-state index is 13.4. The normalized spacial score (nSPS) is 15.7. The van der Waals surface area contributed by atoms with E-state index in [0.29, 0.717) is 18.5 Å². The number of carboxylic acids is 1. The Bertz CT molecular complexity index is 1370. The molecule has 1 saturated heterocycles. The fraction of sp³-hybridized carbons (Fsp3) is 0.346. The lowest BCUT2D eigenvalue weighted by atomic mass is 10.0. The molecule has 1 fully saturated rings. The molecule has 0 bridgehead atoms. The number of carbonyl (C=O) groups is 3. The third-order valence-corrected chi connectivity index (χ3v) is 5.95. The topological polar surface area (TPSA) is 153 Å². The monoisotopic (exact) mass is 524 g/mol. The van der Waals surface area contributed by atoms with Crippen molar-refractivity contribution in [3.05, 3.63) is 65.5 Å². The second kappa shape index (κ2) is 10.5. The number of nitrogens with zero attached hydrogens (tertiary/aromatic N) is 4. The molecule has 3 aromatic rings. The van der Waals surface area contributed by atoms with E-state index < -0.39 is 35.4 Å². The number of nitrogen functional groups attached to an aromatic ring is 1. The van der Waals surface area contributed by atoms with Gasteiger partial charge in [-0.2, -0.15) is 0 Å². The molecule has 4 N–H and O–H groups in total. The van der Waals surface area contributed by atoms with E-state index in [1.165, 1.54) is 23.2 Å². The van der Waals surface area contributed by atoms with E-state index in [1.807, 2.05) is 0 Å². The Hall–Kier alpha value is -4.48. The van der Waals surface area contributed by atoms with Crippen molar-refractivity contribution < 1.29 is 28.6 Å². The average Bonchev–Trinajstić information content (AvgIpc) is 3.20. The molecule has 4 rings (SSSR count). The van der Waals surface area contributed by atoms with Crippen LogP contribution in [0.25, 0.3) is 11.3 Å². The zero-order valence-corrected chi connectivity index (χ0v) is 21.3. The number of halogens is 1. The number of hydrogen-bond acceptors (Lipinski definition) is 7. The Kier molecular flexibility index (Phi) is 7.33. The molecule has 2 amide bonds. The van der Waals surface area contributed by atoms with Gasteiger partial charge in [-0.15, -0.1) is 0 Å². The highest BCUT2D eigenvalue weighted by Crippen LogP contribution is 2.34. The van der Waals surface area contributed by atoms with E-state index in [9.17, 15) is 23.9 Å². The number of hydrogen-bond donors (Lipinski definition) is 3. The number of aromatic carboxylic acids is 1. The smallest absolute Gasteiger partial charge is 0.410 e. The van der Waals surface area contributed by atoms with Crippen molar-refractivity contribution >= 4 is 23.8 Å². The number of benzene rings is 1. The van der Waals surface area contributed by atoms with Crippen molar-refractivity contribution in [3.8, 4) is 11.3 Å². The summed E-state index contributed by atoms with van der Waals surface area (Å²) in [6.07, 6.45) is 2.83. The van der Waals surface area contributed by atoms with Gasteiger partial charge in [-0.1, -0.05) is 12.1 Å². The van der Waals surface area contributed by atoms with E-state index in [4.69, 9.17) is 10.6 Å². The molecule has 1 aromatic carbocycles. The molecule has 11 nitrogen and oxygen atoms in total. The number of piperidine rings is 1. The van der Waals surface area contributed by atoms with Gasteiger partial charge in [0.15, 0.2) is 11.5 Å². The fourth-order valence-electron chi connectivity index (χ4n) is 4.27. The predicted molar refractivity (Wildman–Crippen MR) is 136 cm³/mol. The number of likely N-dealkylation sites (tertiary alicyclic amines) is 1. The van der Waals surface area contributed by atoms with E-state index in [-0.39, 0.29) is 28.6 Å². The molecule has 2 aromatic heterocycles. The minimum atomic E-state index is -1.29. The second-order valence-corrected chi connectivity index (χ2v) is 9.92. The summed E-state index contributed by atoms with van der Waals surface area (Å²) in [7, 11) is 0. The summed E-state index contributed by atoms with van der Waals surface area (Å²) in [6.45, 7) is 5.74. The first-order valence-corrected chi connectivity index (χ1v) is 12.1. The van der Waals surface area contributed by atoms with Crippen molar-refractivity contribution in [2.75, 3.05) is 17.7 Å². The summed E-state index contributed by atoms with van der Waals surface area (Å²) in [5.74, 6) is 4.16. The molecule has 0 aliphatic carbocycles. The summed E-state index contributed by atoms with van der Waals surface area (Å²) in [5.41, 5.74) is -0.201. The second-order valence-electron chi connectivity index (χ2n) is 9.92. The van der Waals surface area contributed by atoms with E-state index in [2.05, 4.69) is 15.3 Å². The average molecular weight is 525 g/mol. The minimum Gasteiger partial charge on any atom is -0.476 e. The molecular weight excluding hydrogens is 495 g/mol. The number of carboxylic acid groups (broad SMARTS) is 1. The van der Waals surface area contributed by atoms with Gasteiger partial charge < -0.3 is 21.0 Å². The Labute approximate surface area is 218 Å².